The highest BCUT2D eigenvalue weighted by molar-refractivity contribution is 7.99. The molecule has 1 atom stereocenters. The summed E-state index contributed by atoms with van der Waals surface area (Å²) in [6.07, 6.45) is 3.07. The molecule has 0 N–H and O–H groups in total. The molecule has 0 radical (unpaired) electrons. The number of fused-ring (bicyclic) bond motifs is 1. The lowest BCUT2D eigenvalue weighted by Gasteiger charge is -2.29. The highest BCUT2D eigenvalue weighted by Gasteiger charge is 2.29. The van der Waals surface area contributed by atoms with Crippen LogP contribution < -0.4 is 4.90 Å². The summed E-state index contributed by atoms with van der Waals surface area (Å²) < 4.78 is 28.7. The number of hydrogen-bond donors (Lipinski definition) is 0. The Balaban J connectivity index is 1.33. The van der Waals surface area contributed by atoms with E-state index in [1.54, 1.807) is 0 Å². The van der Waals surface area contributed by atoms with Gasteiger partial charge in [0.1, 0.15) is 0 Å². The Hall–Kier alpha value is -1.87. The van der Waals surface area contributed by atoms with Gasteiger partial charge in [-0.1, -0.05) is 30.0 Å². The van der Waals surface area contributed by atoms with Crippen molar-refractivity contribution in [2.75, 3.05) is 28.7 Å². The number of anilines is 1. The largest absolute Gasteiger partial charge is 0.416 e. The van der Waals surface area contributed by atoms with E-state index >= 15 is 0 Å². The van der Waals surface area contributed by atoms with Gasteiger partial charge in [-0.15, -0.1) is 10.2 Å². The SMILES string of the molecule is O=C(CSc1nnc(C[C@H]2CCS(=O)(=O)C2)o1)N1CCCc2ccccc21. The second-order valence-electron chi connectivity index (χ2n) is 7.00. The van der Waals surface area contributed by atoms with Crippen LogP contribution in [0.15, 0.2) is 33.9 Å². The van der Waals surface area contributed by atoms with E-state index < -0.39 is 9.84 Å². The van der Waals surface area contributed by atoms with Gasteiger partial charge in [0.25, 0.3) is 5.22 Å². The lowest BCUT2D eigenvalue weighted by atomic mass is 10.0. The van der Waals surface area contributed by atoms with Crippen molar-refractivity contribution in [2.24, 2.45) is 5.92 Å². The Morgan fingerprint density at radius 3 is 2.96 bits per heavy atom. The van der Waals surface area contributed by atoms with Crippen LogP contribution in [-0.4, -0.2) is 48.3 Å². The topological polar surface area (TPSA) is 93.4 Å². The molecule has 144 valence electrons. The number of para-hydroxylation sites is 1. The molecule has 1 fully saturated rings. The minimum Gasteiger partial charge on any atom is -0.416 e. The zero-order valence-corrected chi connectivity index (χ0v) is 16.5. The normalized spacial score (nSPS) is 21.2. The molecule has 9 heteroatoms. The van der Waals surface area contributed by atoms with E-state index in [4.69, 9.17) is 4.42 Å². The third kappa shape index (κ3) is 4.35. The molecule has 0 unspecified atom stereocenters. The Kier molecular flexibility index (Phi) is 5.23. The molecule has 7 nitrogen and oxygen atoms in total. The van der Waals surface area contributed by atoms with Crippen molar-refractivity contribution < 1.29 is 17.6 Å². The number of sulfone groups is 1. The summed E-state index contributed by atoms with van der Waals surface area (Å²) in [6, 6.07) is 8.00. The van der Waals surface area contributed by atoms with E-state index in [2.05, 4.69) is 16.3 Å². The summed E-state index contributed by atoms with van der Waals surface area (Å²) in [4.78, 5) is 14.5. The molecule has 2 aliphatic heterocycles. The standard InChI is InChI=1S/C18H21N3O4S2/c22-17(21-8-3-5-14-4-1-2-6-15(14)21)11-26-18-20-19-16(25-18)10-13-7-9-27(23,24)12-13/h1-2,4,6,13H,3,5,7-12H2/t13-/m1/s1. The van der Waals surface area contributed by atoms with Crippen molar-refractivity contribution in [3.8, 4) is 0 Å². The van der Waals surface area contributed by atoms with Crippen molar-refractivity contribution in [1.82, 2.24) is 10.2 Å². The Morgan fingerprint density at radius 1 is 1.30 bits per heavy atom. The highest BCUT2D eigenvalue weighted by Crippen LogP contribution is 2.28. The van der Waals surface area contributed by atoms with E-state index in [9.17, 15) is 13.2 Å². The second-order valence-corrected chi connectivity index (χ2v) is 10.2. The molecule has 1 aromatic heterocycles. The second kappa shape index (κ2) is 7.63. The van der Waals surface area contributed by atoms with Gasteiger partial charge in [-0.25, -0.2) is 8.42 Å². The van der Waals surface area contributed by atoms with Gasteiger partial charge in [0, 0.05) is 18.7 Å². The van der Waals surface area contributed by atoms with Crippen LogP contribution in [0.2, 0.25) is 0 Å². The molecule has 0 bridgehead atoms. The van der Waals surface area contributed by atoms with Crippen LogP contribution in [0.4, 0.5) is 5.69 Å². The lowest BCUT2D eigenvalue weighted by molar-refractivity contribution is -0.116. The number of thioether (sulfide) groups is 1. The van der Waals surface area contributed by atoms with E-state index in [0.717, 1.165) is 25.1 Å². The summed E-state index contributed by atoms with van der Waals surface area (Å²) in [7, 11) is -2.91. The first kappa shape index (κ1) is 18.5. The first-order valence-electron chi connectivity index (χ1n) is 9.04. The molecular formula is C18H21N3O4S2. The molecular weight excluding hydrogens is 386 g/mol. The van der Waals surface area contributed by atoms with Crippen molar-refractivity contribution in [3.05, 3.63) is 35.7 Å². The summed E-state index contributed by atoms with van der Waals surface area (Å²) in [5, 5.41) is 8.33. The third-order valence-electron chi connectivity index (χ3n) is 4.97. The maximum Gasteiger partial charge on any atom is 0.277 e. The van der Waals surface area contributed by atoms with Crippen molar-refractivity contribution in [2.45, 2.75) is 30.9 Å². The van der Waals surface area contributed by atoms with Gasteiger partial charge in [-0.2, -0.15) is 0 Å². The molecule has 0 spiro atoms. The molecule has 1 aromatic carbocycles. The fourth-order valence-electron chi connectivity index (χ4n) is 3.65. The van der Waals surface area contributed by atoms with E-state index in [1.165, 1.54) is 17.3 Å². The van der Waals surface area contributed by atoms with Gasteiger partial charge in [0.2, 0.25) is 11.8 Å². The molecule has 0 aliphatic carbocycles. The molecule has 2 aromatic rings. The summed E-state index contributed by atoms with van der Waals surface area (Å²) in [5.41, 5.74) is 2.19. The van der Waals surface area contributed by atoms with Crippen LogP contribution >= 0.6 is 11.8 Å². The fourth-order valence-corrected chi connectivity index (χ4v) is 6.17. The Labute approximate surface area is 162 Å². The molecule has 1 amide bonds. The minimum atomic E-state index is -2.91. The van der Waals surface area contributed by atoms with Crippen LogP contribution in [0.5, 0.6) is 0 Å². The van der Waals surface area contributed by atoms with Gasteiger partial charge >= 0.3 is 0 Å². The minimum absolute atomic E-state index is 0.0220. The number of carbonyl (C=O) groups excluding carboxylic acids is 1. The van der Waals surface area contributed by atoms with E-state index in [0.29, 0.717) is 24.0 Å². The van der Waals surface area contributed by atoms with Gasteiger partial charge < -0.3 is 9.32 Å². The fraction of sp³-hybridized carbons (Fsp3) is 0.500. The third-order valence-corrected chi connectivity index (χ3v) is 7.61. The predicted octanol–water partition coefficient (Wildman–Crippen LogP) is 2.12. The predicted molar refractivity (Wildman–Crippen MR) is 103 cm³/mol. The first-order valence-corrected chi connectivity index (χ1v) is 11.8. The number of carbonyl (C=O) groups is 1. The number of hydrogen-bond acceptors (Lipinski definition) is 7. The Morgan fingerprint density at radius 2 is 2.15 bits per heavy atom. The number of nitrogens with zero attached hydrogens (tertiary/aromatic N) is 3. The van der Waals surface area contributed by atoms with Crippen molar-refractivity contribution in [1.29, 1.82) is 0 Å². The van der Waals surface area contributed by atoms with Gasteiger partial charge in [0.05, 0.1) is 17.3 Å². The van der Waals surface area contributed by atoms with Crippen LogP contribution in [-0.2, 0) is 27.5 Å². The van der Waals surface area contributed by atoms with Crippen LogP contribution in [0.25, 0.3) is 0 Å². The van der Waals surface area contributed by atoms with Crippen molar-refractivity contribution >= 4 is 33.2 Å². The number of aryl methyl sites for hydroxylation is 1. The average Bonchev–Trinajstić information content (AvgIpc) is 3.25. The Bertz CT molecular complexity index is 942. The van der Waals surface area contributed by atoms with Crippen molar-refractivity contribution in [3.63, 3.8) is 0 Å². The van der Waals surface area contributed by atoms with Crippen LogP contribution in [0.3, 0.4) is 0 Å². The van der Waals surface area contributed by atoms with Gasteiger partial charge in [-0.05, 0) is 36.8 Å². The number of amides is 1. The molecule has 3 heterocycles. The maximum absolute atomic E-state index is 12.6. The smallest absolute Gasteiger partial charge is 0.277 e. The molecule has 1 saturated heterocycles. The van der Waals surface area contributed by atoms with E-state index in [-0.39, 0.29) is 29.1 Å². The molecule has 4 rings (SSSR count). The average molecular weight is 408 g/mol. The van der Waals surface area contributed by atoms with E-state index in [1.807, 2.05) is 23.1 Å². The zero-order valence-electron chi connectivity index (χ0n) is 14.8. The summed E-state index contributed by atoms with van der Waals surface area (Å²) in [5.74, 6) is 1.15. The number of benzene rings is 1. The molecule has 2 aliphatic rings. The van der Waals surface area contributed by atoms with Gasteiger partial charge in [0.15, 0.2) is 9.84 Å². The molecule has 27 heavy (non-hydrogen) atoms. The first-order chi connectivity index (χ1) is 13.0. The van der Waals surface area contributed by atoms with Gasteiger partial charge in [-0.3, -0.25) is 4.79 Å². The summed E-state index contributed by atoms with van der Waals surface area (Å²) >= 11 is 1.23. The zero-order chi connectivity index (χ0) is 18.9. The highest BCUT2D eigenvalue weighted by atomic mass is 32.2. The van der Waals surface area contributed by atoms with Crippen LogP contribution in [0, 0.1) is 5.92 Å². The lowest BCUT2D eigenvalue weighted by Crippen LogP contribution is -2.36. The quantitative estimate of drug-likeness (QED) is 0.701. The summed E-state index contributed by atoms with van der Waals surface area (Å²) in [6.45, 7) is 0.724. The number of rotatable bonds is 5. The van der Waals surface area contributed by atoms with Crippen LogP contribution in [0.1, 0.15) is 24.3 Å². The molecule has 0 saturated carbocycles. The number of aromatic nitrogens is 2. The maximum atomic E-state index is 12.6. The monoisotopic (exact) mass is 407 g/mol.